The van der Waals surface area contributed by atoms with E-state index in [1.54, 1.807) is 24.3 Å². The molecule has 2 aromatic rings. The maximum absolute atomic E-state index is 12.5. The van der Waals surface area contributed by atoms with E-state index in [1.165, 1.54) is 18.3 Å². The summed E-state index contributed by atoms with van der Waals surface area (Å²) in [7, 11) is 0. The Bertz CT molecular complexity index is 915. The number of amides is 4. The Morgan fingerprint density at radius 1 is 1.00 bits per heavy atom. The average Bonchev–Trinajstić information content (AvgIpc) is 3.14. The van der Waals surface area contributed by atoms with Crippen molar-refractivity contribution in [1.82, 2.24) is 5.32 Å². The highest BCUT2D eigenvalue weighted by Crippen LogP contribution is 2.39. The van der Waals surface area contributed by atoms with Crippen LogP contribution in [0.25, 0.3) is 0 Å². The summed E-state index contributed by atoms with van der Waals surface area (Å²) in [6, 6.07) is 5.32. The van der Waals surface area contributed by atoms with E-state index in [1.807, 2.05) is 0 Å². The van der Waals surface area contributed by atoms with Gasteiger partial charge in [-0.05, 0) is 43.9 Å². The average molecular weight is 371 g/mol. The van der Waals surface area contributed by atoms with Gasteiger partial charge in [0.15, 0.2) is 5.78 Å². The van der Waals surface area contributed by atoms with Crippen LogP contribution in [0.2, 0.25) is 0 Å². The van der Waals surface area contributed by atoms with Crippen LogP contribution in [0.15, 0.2) is 24.3 Å². The molecule has 1 aromatic carbocycles. The van der Waals surface area contributed by atoms with Crippen LogP contribution < -0.4 is 16.4 Å². The second kappa shape index (κ2) is 7.09. The quantitative estimate of drug-likeness (QED) is 0.716. The second-order valence-electron chi connectivity index (χ2n) is 5.97. The van der Waals surface area contributed by atoms with Crippen LogP contribution >= 0.6 is 11.3 Å². The number of benzene rings is 1. The van der Waals surface area contributed by atoms with Gasteiger partial charge in [0.2, 0.25) is 0 Å². The van der Waals surface area contributed by atoms with Gasteiger partial charge in [-0.1, -0.05) is 12.1 Å². The molecule has 0 aliphatic heterocycles. The SMILES string of the molecule is CC(=O)c1ccc(C(=O)Nc2sc3c(c2C(=O)NC(N)=O)CCC3)cc1. The molecule has 1 heterocycles. The van der Waals surface area contributed by atoms with Gasteiger partial charge in [0, 0.05) is 16.0 Å². The highest BCUT2D eigenvalue weighted by molar-refractivity contribution is 7.17. The van der Waals surface area contributed by atoms with Gasteiger partial charge in [0.25, 0.3) is 11.8 Å². The normalized spacial score (nSPS) is 12.3. The molecular formula is C18H17N3O4S. The van der Waals surface area contributed by atoms with Gasteiger partial charge >= 0.3 is 6.03 Å². The third-order valence-corrected chi connectivity index (χ3v) is 5.37. The summed E-state index contributed by atoms with van der Waals surface area (Å²) in [4.78, 5) is 48.2. The van der Waals surface area contributed by atoms with Crippen LogP contribution in [-0.4, -0.2) is 23.6 Å². The number of rotatable bonds is 4. The first-order valence-corrected chi connectivity index (χ1v) is 8.86. The van der Waals surface area contributed by atoms with Crippen LogP contribution in [0.4, 0.5) is 9.80 Å². The van der Waals surface area contributed by atoms with E-state index >= 15 is 0 Å². The molecule has 0 bridgehead atoms. The first-order chi connectivity index (χ1) is 12.4. The minimum Gasteiger partial charge on any atom is -0.351 e. The first-order valence-electron chi connectivity index (χ1n) is 8.04. The molecule has 0 fully saturated rings. The molecule has 26 heavy (non-hydrogen) atoms. The maximum atomic E-state index is 12.5. The van der Waals surface area contributed by atoms with E-state index in [4.69, 9.17) is 5.73 Å². The van der Waals surface area contributed by atoms with Crippen LogP contribution in [0.5, 0.6) is 0 Å². The Kier molecular flexibility index (Phi) is 4.85. The number of primary amides is 1. The molecule has 1 aromatic heterocycles. The highest BCUT2D eigenvalue weighted by Gasteiger charge is 2.28. The van der Waals surface area contributed by atoms with Crippen molar-refractivity contribution in [2.24, 2.45) is 5.73 Å². The summed E-state index contributed by atoms with van der Waals surface area (Å²) in [5, 5.41) is 5.20. The van der Waals surface area contributed by atoms with Crippen molar-refractivity contribution < 1.29 is 19.2 Å². The fourth-order valence-electron chi connectivity index (χ4n) is 2.94. The minimum absolute atomic E-state index is 0.0861. The van der Waals surface area contributed by atoms with Crippen molar-refractivity contribution in [1.29, 1.82) is 0 Å². The van der Waals surface area contributed by atoms with Gasteiger partial charge in [-0.25, -0.2) is 4.79 Å². The number of nitrogens with one attached hydrogen (secondary N) is 2. The van der Waals surface area contributed by atoms with Crippen molar-refractivity contribution in [2.45, 2.75) is 26.2 Å². The molecule has 7 nitrogen and oxygen atoms in total. The monoisotopic (exact) mass is 371 g/mol. The number of carbonyl (C=O) groups is 4. The van der Waals surface area contributed by atoms with Crippen LogP contribution in [0.1, 0.15) is 54.9 Å². The lowest BCUT2D eigenvalue weighted by Gasteiger charge is -2.08. The van der Waals surface area contributed by atoms with E-state index in [-0.39, 0.29) is 5.78 Å². The summed E-state index contributed by atoms with van der Waals surface area (Å²) < 4.78 is 0. The Hall–Kier alpha value is -3.00. The smallest absolute Gasteiger partial charge is 0.319 e. The number of anilines is 1. The number of thiophene rings is 1. The van der Waals surface area contributed by atoms with Gasteiger partial charge in [0.1, 0.15) is 5.00 Å². The minimum atomic E-state index is -0.940. The fraction of sp³-hybridized carbons (Fsp3) is 0.222. The van der Waals surface area contributed by atoms with E-state index in [2.05, 4.69) is 10.6 Å². The summed E-state index contributed by atoms with van der Waals surface area (Å²) >= 11 is 1.34. The molecule has 0 spiro atoms. The predicted molar refractivity (Wildman–Crippen MR) is 97.8 cm³/mol. The Balaban J connectivity index is 1.87. The molecule has 4 amide bonds. The predicted octanol–water partition coefficient (Wildman–Crippen LogP) is 2.50. The number of fused-ring (bicyclic) bond motifs is 1. The lowest BCUT2D eigenvalue weighted by Crippen LogP contribution is -2.35. The molecule has 0 unspecified atom stereocenters. The zero-order valence-electron chi connectivity index (χ0n) is 14.0. The Morgan fingerprint density at radius 3 is 2.27 bits per heavy atom. The van der Waals surface area contributed by atoms with Crippen molar-refractivity contribution in [2.75, 3.05) is 5.32 Å². The first kappa shape index (κ1) is 17.8. The van der Waals surface area contributed by atoms with E-state index in [9.17, 15) is 19.2 Å². The van der Waals surface area contributed by atoms with Crippen LogP contribution in [-0.2, 0) is 12.8 Å². The number of aryl methyl sites for hydroxylation is 1. The summed E-state index contributed by atoms with van der Waals surface area (Å²) in [6.07, 6.45) is 2.48. The molecule has 134 valence electrons. The lowest BCUT2D eigenvalue weighted by atomic mass is 10.1. The van der Waals surface area contributed by atoms with Crippen LogP contribution in [0, 0.1) is 0 Å². The van der Waals surface area contributed by atoms with E-state index < -0.39 is 17.8 Å². The summed E-state index contributed by atoms with van der Waals surface area (Å²) in [5.41, 5.74) is 7.08. The molecule has 0 saturated heterocycles. The molecule has 0 radical (unpaired) electrons. The number of nitrogens with two attached hydrogens (primary N) is 1. The summed E-state index contributed by atoms with van der Waals surface area (Å²) in [6.45, 7) is 1.45. The number of ketones is 1. The van der Waals surface area contributed by atoms with Gasteiger partial charge < -0.3 is 11.1 Å². The number of hydrogen-bond donors (Lipinski definition) is 3. The van der Waals surface area contributed by atoms with Gasteiger partial charge in [-0.2, -0.15) is 0 Å². The number of imide groups is 1. The van der Waals surface area contributed by atoms with Gasteiger partial charge in [-0.15, -0.1) is 11.3 Å². The number of Topliss-reactive ketones (excluding diaryl/α,β-unsaturated/α-hetero) is 1. The number of carbonyl (C=O) groups excluding carboxylic acids is 4. The topological polar surface area (TPSA) is 118 Å². The van der Waals surface area contributed by atoms with E-state index in [0.29, 0.717) is 21.7 Å². The maximum Gasteiger partial charge on any atom is 0.319 e. The van der Waals surface area contributed by atoms with Crippen molar-refractivity contribution in [3.8, 4) is 0 Å². The summed E-state index contributed by atoms with van der Waals surface area (Å²) in [5.74, 6) is -1.09. The third-order valence-electron chi connectivity index (χ3n) is 4.17. The standard InChI is InChI=1S/C18H17N3O4S/c1-9(22)10-5-7-11(8-6-10)15(23)20-17-14(16(24)21-18(19)25)12-3-2-4-13(12)26-17/h5-8H,2-4H2,1H3,(H,20,23)(H3,19,21,24,25). The molecule has 0 saturated carbocycles. The Morgan fingerprint density at radius 2 is 1.65 bits per heavy atom. The molecule has 1 aliphatic carbocycles. The van der Waals surface area contributed by atoms with Crippen molar-refractivity contribution in [3.63, 3.8) is 0 Å². The van der Waals surface area contributed by atoms with Crippen molar-refractivity contribution in [3.05, 3.63) is 51.4 Å². The number of urea groups is 1. The molecular weight excluding hydrogens is 354 g/mol. The third kappa shape index (κ3) is 3.50. The molecule has 0 atom stereocenters. The Labute approximate surface area is 153 Å². The van der Waals surface area contributed by atoms with Gasteiger partial charge in [-0.3, -0.25) is 19.7 Å². The lowest BCUT2D eigenvalue weighted by molar-refractivity contribution is 0.0965. The van der Waals surface area contributed by atoms with Crippen LogP contribution in [0.3, 0.4) is 0 Å². The van der Waals surface area contributed by atoms with Gasteiger partial charge in [0.05, 0.1) is 5.56 Å². The molecule has 3 rings (SSSR count). The highest BCUT2D eigenvalue weighted by atomic mass is 32.1. The van der Waals surface area contributed by atoms with E-state index in [0.717, 1.165) is 29.7 Å². The number of hydrogen-bond acceptors (Lipinski definition) is 5. The zero-order chi connectivity index (χ0) is 18.8. The largest absolute Gasteiger partial charge is 0.351 e. The molecule has 4 N–H and O–H groups in total. The molecule has 1 aliphatic rings. The zero-order valence-corrected chi connectivity index (χ0v) is 14.9. The fourth-order valence-corrected chi connectivity index (χ4v) is 4.22. The second-order valence-corrected chi connectivity index (χ2v) is 7.07. The van der Waals surface area contributed by atoms with Crippen molar-refractivity contribution >= 4 is 40.0 Å². The molecule has 8 heteroatoms.